The van der Waals surface area contributed by atoms with Gasteiger partial charge in [-0.05, 0) is 104 Å². The molecule has 0 radical (unpaired) electrons. The predicted molar refractivity (Wildman–Crippen MR) is 225 cm³/mol. The molecule has 0 rings (SSSR count). The van der Waals surface area contributed by atoms with Crippen molar-refractivity contribution in [3.8, 4) is 0 Å². The van der Waals surface area contributed by atoms with E-state index in [-0.39, 0.29) is 6.10 Å². The van der Waals surface area contributed by atoms with Crippen LogP contribution in [0, 0.1) is 0 Å². The molecular weight excluding hydrogens is 613 g/mol. The topological polar surface area (TPSA) is 24.9 Å². The fourth-order valence-electron chi connectivity index (χ4n) is 6.06. The second kappa shape index (κ2) is 42.2. The minimum atomic E-state index is 0.214. The number of hydrogen-bond acceptors (Lipinski definition) is 4. The second-order valence-corrected chi connectivity index (χ2v) is 14.8. The fourth-order valence-corrected chi connectivity index (χ4v) is 6.06. The van der Waals surface area contributed by atoms with Gasteiger partial charge in [0, 0.05) is 32.8 Å². The van der Waals surface area contributed by atoms with Crippen molar-refractivity contribution in [2.75, 3.05) is 60.1 Å². The average Bonchev–Trinajstić information content (AvgIpc) is 3.11. The Bertz CT molecular complexity index is 759. The summed E-state index contributed by atoms with van der Waals surface area (Å²) in [6.45, 7) is 13.7. The van der Waals surface area contributed by atoms with Crippen molar-refractivity contribution in [3.63, 3.8) is 0 Å². The number of ether oxygens (including phenoxy) is 2. The molecule has 0 bridgehead atoms. The largest absolute Gasteiger partial charge is 0.379 e. The summed E-state index contributed by atoms with van der Waals surface area (Å²) in [4.78, 5) is 4.83. The quantitative estimate of drug-likeness (QED) is 0.0469. The Labute approximate surface area is 314 Å². The van der Waals surface area contributed by atoms with E-state index in [0.717, 1.165) is 65.3 Å². The fraction of sp³-hybridized carbons (Fsp3) is 0.826. The highest BCUT2D eigenvalue weighted by Gasteiger charge is 2.12. The van der Waals surface area contributed by atoms with E-state index >= 15 is 0 Å². The Morgan fingerprint density at radius 3 is 1.36 bits per heavy atom. The van der Waals surface area contributed by atoms with Gasteiger partial charge in [-0.1, -0.05) is 146 Å². The van der Waals surface area contributed by atoms with E-state index in [2.05, 4.69) is 93.3 Å². The van der Waals surface area contributed by atoms with Crippen molar-refractivity contribution in [1.29, 1.82) is 0 Å². The zero-order valence-corrected chi connectivity index (χ0v) is 34.5. The van der Waals surface area contributed by atoms with Gasteiger partial charge in [-0.2, -0.15) is 0 Å². The number of likely N-dealkylation sites (N-methyl/N-ethyl adjacent to an activating group) is 2. The van der Waals surface area contributed by atoms with E-state index in [1.165, 1.54) is 141 Å². The van der Waals surface area contributed by atoms with Gasteiger partial charge in [0.05, 0.1) is 12.7 Å². The molecule has 4 nitrogen and oxygen atoms in total. The summed E-state index contributed by atoms with van der Waals surface area (Å²) in [5.41, 5.74) is 0. The van der Waals surface area contributed by atoms with Crippen LogP contribution in [0.3, 0.4) is 0 Å². The Hall–Kier alpha value is -1.20. The lowest BCUT2D eigenvalue weighted by Gasteiger charge is -2.25. The molecule has 0 aliphatic carbocycles. The Morgan fingerprint density at radius 1 is 0.460 bits per heavy atom. The summed E-state index contributed by atoms with van der Waals surface area (Å²) in [5.74, 6) is 0. The van der Waals surface area contributed by atoms with Crippen LogP contribution in [0.15, 0.2) is 48.6 Å². The van der Waals surface area contributed by atoms with Crippen molar-refractivity contribution >= 4 is 0 Å². The van der Waals surface area contributed by atoms with E-state index in [1.54, 1.807) is 0 Å². The van der Waals surface area contributed by atoms with E-state index in [9.17, 15) is 0 Å². The molecule has 4 heteroatoms. The third-order valence-electron chi connectivity index (χ3n) is 9.57. The molecule has 0 aromatic heterocycles. The molecular formula is C46H88N2O2. The van der Waals surface area contributed by atoms with Gasteiger partial charge in [0.15, 0.2) is 0 Å². The molecule has 50 heavy (non-hydrogen) atoms. The summed E-state index contributed by atoms with van der Waals surface area (Å²) < 4.78 is 12.6. The normalized spacial score (nSPS) is 13.2. The average molecular weight is 701 g/mol. The molecule has 0 amide bonds. The highest BCUT2D eigenvalue weighted by molar-refractivity contribution is 4.93. The highest BCUT2D eigenvalue weighted by Crippen LogP contribution is 2.12. The molecule has 0 saturated carbocycles. The smallest absolute Gasteiger partial charge is 0.0820 e. The summed E-state index contributed by atoms with van der Waals surface area (Å²) in [5, 5.41) is 0. The van der Waals surface area contributed by atoms with Gasteiger partial charge in [0.1, 0.15) is 0 Å². The first-order valence-electron chi connectivity index (χ1n) is 21.8. The number of unbranched alkanes of at least 4 members (excludes halogenated alkanes) is 18. The van der Waals surface area contributed by atoms with Crippen LogP contribution in [-0.4, -0.2) is 76.0 Å². The van der Waals surface area contributed by atoms with Crippen molar-refractivity contribution in [1.82, 2.24) is 9.80 Å². The maximum atomic E-state index is 6.43. The second-order valence-electron chi connectivity index (χ2n) is 14.8. The molecule has 0 fully saturated rings. The Kier molecular flexibility index (Phi) is 41.2. The van der Waals surface area contributed by atoms with Gasteiger partial charge in [0.2, 0.25) is 0 Å². The first-order chi connectivity index (χ1) is 24.6. The zero-order chi connectivity index (χ0) is 36.4. The first kappa shape index (κ1) is 48.8. The van der Waals surface area contributed by atoms with Crippen molar-refractivity contribution in [2.45, 2.75) is 187 Å². The Balaban J connectivity index is 4.03. The molecule has 294 valence electrons. The minimum Gasteiger partial charge on any atom is -0.379 e. The molecule has 0 aliphatic rings. The lowest BCUT2D eigenvalue weighted by Crippen LogP contribution is -2.35. The van der Waals surface area contributed by atoms with Gasteiger partial charge >= 0.3 is 0 Å². The first-order valence-corrected chi connectivity index (χ1v) is 21.8. The van der Waals surface area contributed by atoms with E-state index in [1.807, 2.05) is 0 Å². The minimum absolute atomic E-state index is 0.214. The Morgan fingerprint density at radius 2 is 0.900 bits per heavy atom. The van der Waals surface area contributed by atoms with Crippen LogP contribution in [0.25, 0.3) is 0 Å². The lowest BCUT2D eigenvalue weighted by atomic mass is 10.1. The van der Waals surface area contributed by atoms with Crippen LogP contribution in [-0.2, 0) is 9.47 Å². The van der Waals surface area contributed by atoms with Crippen LogP contribution < -0.4 is 0 Å². The van der Waals surface area contributed by atoms with Gasteiger partial charge < -0.3 is 19.3 Å². The summed E-state index contributed by atoms with van der Waals surface area (Å²) in [7, 11) is 4.32. The van der Waals surface area contributed by atoms with Gasteiger partial charge in [-0.25, -0.2) is 0 Å². The van der Waals surface area contributed by atoms with Crippen molar-refractivity contribution in [2.24, 2.45) is 0 Å². The molecule has 0 aliphatic heterocycles. The van der Waals surface area contributed by atoms with E-state index in [0.29, 0.717) is 0 Å². The number of allylic oxidation sites excluding steroid dienone is 8. The summed E-state index contributed by atoms with van der Waals surface area (Å²) >= 11 is 0. The summed E-state index contributed by atoms with van der Waals surface area (Å²) in [6, 6.07) is 0. The van der Waals surface area contributed by atoms with E-state index in [4.69, 9.17) is 9.47 Å². The number of nitrogens with zero attached hydrogens (tertiary/aromatic N) is 2. The molecule has 0 spiro atoms. The molecule has 1 unspecified atom stereocenters. The van der Waals surface area contributed by atoms with Crippen LogP contribution in [0.1, 0.15) is 181 Å². The predicted octanol–water partition coefficient (Wildman–Crippen LogP) is 13.3. The van der Waals surface area contributed by atoms with Crippen molar-refractivity contribution in [3.05, 3.63) is 48.6 Å². The third-order valence-corrected chi connectivity index (χ3v) is 9.57. The van der Waals surface area contributed by atoms with Crippen LogP contribution in [0.4, 0.5) is 0 Å². The summed E-state index contributed by atoms with van der Waals surface area (Å²) in [6.07, 6.45) is 50.8. The van der Waals surface area contributed by atoms with Gasteiger partial charge in [-0.3, -0.25) is 0 Å². The van der Waals surface area contributed by atoms with E-state index < -0.39 is 0 Å². The zero-order valence-electron chi connectivity index (χ0n) is 34.5. The van der Waals surface area contributed by atoms with Crippen LogP contribution in [0.5, 0.6) is 0 Å². The van der Waals surface area contributed by atoms with Crippen LogP contribution in [0.2, 0.25) is 0 Å². The molecule has 0 N–H and O–H groups in total. The third kappa shape index (κ3) is 39.6. The lowest BCUT2D eigenvalue weighted by molar-refractivity contribution is -0.0262. The molecule has 0 aromatic carbocycles. The van der Waals surface area contributed by atoms with Gasteiger partial charge in [0.25, 0.3) is 0 Å². The molecule has 0 aromatic rings. The molecule has 0 heterocycles. The molecule has 1 atom stereocenters. The number of rotatable bonds is 40. The standard InChI is InChI=1S/C46H88N2O2/c1-6-9-11-13-15-17-19-21-23-25-27-29-31-33-35-37-43-49-45-46(39-40-48(8-3)42-41-47(4)5)50-44-38-36-34-32-30-28-26-24-22-20-18-16-14-12-10-7-2/h15-18,21-24,46H,6-14,19-20,25-45H2,1-5H3/b17-15-,18-16-,23-21-,24-22-. The van der Waals surface area contributed by atoms with Crippen molar-refractivity contribution < 1.29 is 9.47 Å². The maximum Gasteiger partial charge on any atom is 0.0820 e. The maximum absolute atomic E-state index is 6.43. The number of hydrogen-bond donors (Lipinski definition) is 0. The SMILES string of the molecule is CCCCC/C=C\C/C=C\CCCCCCCCOCC(CCN(CC)CCN(C)C)OCCCCCCCC/C=C\C/C=C\CCCCC. The molecule has 0 saturated heterocycles. The van der Waals surface area contributed by atoms with Gasteiger partial charge in [-0.15, -0.1) is 0 Å². The highest BCUT2D eigenvalue weighted by atomic mass is 16.5. The van der Waals surface area contributed by atoms with Crippen LogP contribution >= 0.6 is 0 Å². The monoisotopic (exact) mass is 701 g/mol.